The number of hydrogen-bond donors (Lipinski definition) is 0. The molecule has 104 valence electrons. The fourth-order valence-electron chi connectivity index (χ4n) is 0.698. The molecule has 0 aromatic rings. The Bertz CT molecular complexity index is 120. The Morgan fingerprint density at radius 2 is 1.41 bits per heavy atom. The van der Waals surface area contributed by atoms with Gasteiger partial charge in [-0.3, -0.25) is 0 Å². The van der Waals surface area contributed by atoms with Crippen LogP contribution < -0.4 is 0 Å². The molecule has 0 amide bonds. The molecule has 0 spiro atoms. The van der Waals surface area contributed by atoms with Crippen LogP contribution in [0.2, 0.25) is 0 Å². The molecule has 0 aromatic carbocycles. The highest BCUT2D eigenvalue weighted by molar-refractivity contribution is 8.79. The monoisotopic (exact) mass is 384 g/mol. The molecule has 0 saturated heterocycles. The number of hydrogen-bond acceptors (Lipinski definition) is 8. The summed E-state index contributed by atoms with van der Waals surface area (Å²) in [6.07, 6.45) is 5.66. The van der Waals surface area contributed by atoms with Crippen molar-refractivity contribution in [1.29, 1.82) is 0 Å². The van der Waals surface area contributed by atoms with Gasteiger partial charge in [-0.2, -0.15) is 23.5 Å². The van der Waals surface area contributed by atoms with Gasteiger partial charge in [0.1, 0.15) is 0 Å². The van der Waals surface area contributed by atoms with Gasteiger partial charge in [0.2, 0.25) is 0 Å². The molecule has 0 rings (SSSR count). The van der Waals surface area contributed by atoms with E-state index in [-0.39, 0.29) is 0 Å². The van der Waals surface area contributed by atoms with Crippen molar-refractivity contribution in [3.63, 3.8) is 0 Å². The van der Waals surface area contributed by atoms with Crippen LogP contribution in [-0.4, -0.2) is 44.4 Å². The van der Waals surface area contributed by atoms with Gasteiger partial charge in [-0.15, -0.1) is 23.5 Å². The molecule has 0 atom stereocenters. The van der Waals surface area contributed by atoms with E-state index in [0.717, 1.165) is 0 Å². The summed E-state index contributed by atoms with van der Waals surface area (Å²) in [6, 6.07) is 0. The Morgan fingerprint density at radius 3 is 2.18 bits per heavy atom. The van der Waals surface area contributed by atoms with Crippen LogP contribution in [0.1, 0.15) is 6.42 Å². The summed E-state index contributed by atoms with van der Waals surface area (Å²) in [6.45, 7) is 0. The lowest BCUT2D eigenvalue weighted by Crippen LogP contribution is -1.83. The maximum Gasteiger partial charge on any atom is 0.0504 e. The second kappa shape index (κ2) is 18.8. The van der Waals surface area contributed by atoms with Crippen LogP contribution in [0.3, 0.4) is 0 Å². The molecular weight excluding hydrogens is 365 g/mol. The topological polar surface area (TPSA) is 0 Å². The average Bonchev–Trinajstić information content (AvgIpc) is 2.35. The van der Waals surface area contributed by atoms with E-state index < -0.39 is 0 Å². The number of rotatable bonds is 14. The lowest BCUT2D eigenvalue weighted by molar-refractivity contribution is 1.13. The lowest BCUT2D eigenvalue weighted by atomic mass is 10.6. The smallest absolute Gasteiger partial charge is 0.0504 e. The van der Waals surface area contributed by atoms with Crippen LogP contribution >= 0.6 is 90.2 Å². The maximum absolute atomic E-state index is 2.17. The predicted octanol–water partition coefficient (Wildman–Crippen LogP) is 6.16. The van der Waals surface area contributed by atoms with E-state index in [1.165, 1.54) is 38.3 Å². The summed E-state index contributed by atoms with van der Waals surface area (Å²) < 4.78 is 0. The van der Waals surface area contributed by atoms with E-state index >= 15 is 0 Å². The van der Waals surface area contributed by atoms with Crippen molar-refractivity contribution in [1.82, 2.24) is 0 Å². The molecule has 0 aliphatic rings. The zero-order chi connectivity index (χ0) is 12.6. The molecule has 0 heterocycles. The van der Waals surface area contributed by atoms with Gasteiger partial charge in [-0.25, -0.2) is 0 Å². The van der Waals surface area contributed by atoms with Gasteiger partial charge in [0.05, 0.1) is 10.2 Å². The van der Waals surface area contributed by atoms with Gasteiger partial charge in [-0.1, -0.05) is 43.2 Å². The molecular formula is C9H20S8. The summed E-state index contributed by atoms with van der Waals surface area (Å²) in [5.41, 5.74) is 0. The molecule has 17 heavy (non-hydrogen) atoms. The van der Waals surface area contributed by atoms with E-state index in [1.54, 1.807) is 0 Å². The Hall–Kier alpha value is 2.80. The van der Waals surface area contributed by atoms with Crippen molar-refractivity contribution in [3.05, 3.63) is 0 Å². The third-order valence-electron chi connectivity index (χ3n) is 1.35. The third-order valence-corrected chi connectivity index (χ3v) is 11.3. The van der Waals surface area contributed by atoms with Gasteiger partial charge in [0, 0.05) is 15.9 Å². The van der Waals surface area contributed by atoms with E-state index in [2.05, 4.69) is 24.3 Å². The van der Waals surface area contributed by atoms with E-state index in [9.17, 15) is 0 Å². The van der Waals surface area contributed by atoms with E-state index in [1.807, 2.05) is 78.5 Å². The largest absolute Gasteiger partial charge is 0.154 e. The van der Waals surface area contributed by atoms with Gasteiger partial charge >= 0.3 is 0 Å². The summed E-state index contributed by atoms with van der Waals surface area (Å²) >= 11 is 8.07. The van der Waals surface area contributed by atoms with Gasteiger partial charge in [0.25, 0.3) is 0 Å². The first-order valence-corrected chi connectivity index (χ1v) is 15.1. The first-order valence-electron chi connectivity index (χ1n) is 5.04. The lowest BCUT2D eigenvalue weighted by Gasteiger charge is -2.02. The second-order valence-electron chi connectivity index (χ2n) is 2.65. The van der Waals surface area contributed by atoms with Gasteiger partial charge in [0.15, 0.2) is 0 Å². The zero-order valence-corrected chi connectivity index (χ0v) is 16.7. The van der Waals surface area contributed by atoms with Gasteiger partial charge in [-0.05, 0) is 24.7 Å². The molecule has 0 aliphatic heterocycles. The quantitative estimate of drug-likeness (QED) is 0.196. The molecule has 0 fully saturated rings. The third kappa shape index (κ3) is 18.8. The van der Waals surface area contributed by atoms with Crippen LogP contribution in [0.4, 0.5) is 0 Å². The summed E-state index contributed by atoms with van der Waals surface area (Å²) in [5.74, 6) is 2.63. The summed E-state index contributed by atoms with van der Waals surface area (Å²) in [4.78, 5) is 0. The predicted molar refractivity (Wildman–Crippen MR) is 106 cm³/mol. The van der Waals surface area contributed by atoms with Crippen molar-refractivity contribution >= 4 is 90.2 Å². The fourth-order valence-corrected chi connectivity index (χ4v) is 9.60. The molecule has 8 heteroatoms. The molecule has 0 radical (unpaired) electrons. The van der Waals surface area contributed by atoms with Crippen LogP contribution in [0.5, 0.6) is 0 Å². The van der Waals surface area contributed by atoms with Crippen molar-refractivity contribution in [2.45, 2.75) is 6.42 Å². The van der Waals surface area contributed by atoms with Crippen molar-refractivity contribution in [2.75, 3.05) is 44.4 Å². The minimum absolute atomic E-state index is 1.22. The number of thioether (sulfide) groups is 4. The van der Waals surface area contributed by atoms with Crippen LogP contribution in [0.15, 0.2) is 0 Å². The molecule has 0 aromatic heterocycles. The molecule has 0 nitrogen and oxygen atoms in total. The highest BCUT2D eigenvalue weighted by Crippen LogP contribution is 2.30. The van der Waals surface area contributed by atoms with E-state index in [4.69, 9.17) is 0 Å². The molecule has 0 unspecified atom stereocenters. The fraction of sp³-hybridized carbons (Fsp3) is 1.00. The Kier molecular flexibility index (Phi) is 21.9. The Morgan fingerprint density at radius 1 is 0.647 bits per heavy atom. The second-order valence-corrected chi connectivity index (χ2v) is 13.2. The first kappa shape index (κ1) is 19.8. The molecule has 0 aliphatic carbocycles. The minimum Gasteiger partial charge on any atom is -0.154 e. The molecule has 0 bridgehead atoms. The van der Waals surface area contributed by atoms with Crippen LogP contribution in [0.25, 0.3) is 0 Å². The Labute approximate surface area is 139 Å². The van der Waals surface area contributed by atoms with Gasteiger partial charge < -0.3 is 0 Å². The summed E-state index contributed by atoms with van der Waals surface area (Å²) in [7, 11) is 7.85. The zero-order valence-electron chi connectivity index (χ0n) is 10.2. The maximum atomic E-state index is 2.17. The SMILES string of the molecule is CSCSCSCCCSSCSCSSC. The van der Waals surface area contributed by atoms with Crippen molar-refractivity contribution < 1.29 is 0 Å². The first-order chi connectivity index (χ1) is 8.41. The van der Waals surface area contributed by atoms with Crippen molar-refractivity contribution in [2.24, 2.45) is 0 Å². The minimum atomic E-state index is 1.22. The molecule has 0 saturated carbocycles. The van der Waals surface area contributed by atoms with Crippen LogP contribution in [-0.2, 0) is 0 Å². The summed E-state index contributed by atoms with van der Waals surface area (Å²) in [5, 5.41) is 4.95. The standard InChI is InChI=1S/C9H20S8/c1-10-6-13-7-12-4-3-5-15-17-9-14-8-16-11-2/h3-9H2,1-2H3. The van der Waals surface area contributed by atoms with Crippen LogP contribution in [0, 0.1) is 0 Å². The highest BCUT2D eigenvalue weighted by Gasteiger charge is 1.94. The molecule has 0 N–H and O–H groups in total. The van der Waals surface area contributed by atoms with E-state index in [0.29, 0.717) is 0 Å². The highest BCUT2D eigenvalue weighted by atomic mass is 33.1. The Balaban J connectivity index is 2.85. The average molecular weight is 385 g/mol. The van der Waals surface area contributed by atoms with Crippen molar-refractivity contribution in [3.8, 4) is 0 Å². The normalized spacial score (nSPS) is 10.9.